The van der Waals surface area contributed by atoms with Gasteiger partial charge in [0.2, 0.25) is 0 Å². The molecule has 0 amide bonds. The molecular formula is C19H15ClN4OS. The lowest BCUT2D eigenvalue weighted by atomic mass is 10.1. The molecule has 0 aliphatic rings. The summed E-state index contributed by atoms with van der Waals surface area (Å²) < 4.78 is 1.28. The molecular weight excluding hydrogens is 368 g/mol. The van der Waals surface area contributed by atoms with Gasteiger partial charge in [-0.25, -0.2) is 9.78 Å². The van der Waals surface area contributed by atoms with E-state index in [1.165, 1.54) is 27.4 Å². The Morgan fingerprint density at radius 2 is 1.92 bits per heavy atom. The number of nitrogens with zero attached hydrogens (tertiary/aromatic N) is 3. The third-order valence-electron chi connectivity index (χ3n) is 4.14. The van der Waals surface area contributed by atoms with Crippen molar-refractivity contribution < 1.29 is 0 Å². The molecule has 0 atom stereocenters. The van der Waals surface area contributed by atoms with Gasteiger partial charge in [-0.3, -0.25) is 4.98 Å². The Balaban J connectivity index is 1.71. The number of benzene rings is 2. The van der Waals surface area contributed by atoms with Gasteiger partial charge in [-0.05, 0) is 35.7 Å². The molecule has 0 saturated carbocycles. The van der Waals surface area contributed by atoms with Gasteiger partial charge in [-0.2, -0.15) is 9.61 Å². The quantitative estimate of drug-likeness (QED) is 0.533. The average molecular weight is 383 g/mol. The highest BCUT2D eigenvalue weighted by molar-refractivity contribution is 7.98. The molecule has 0 saturated heterocycles. The zero-order chi connectivity index (χ0) is 18.1. The Bertz CT molecular complexity index is 1130. The van der Waals surface area contributed by atoms with Gasteiger partial charge in [0.1, 0.15) is 0 Å². The maximum atomic E-state index is 12.3. The molecule has 0 bridgehead atoms. The maximum Gasteiger partial charge on any atom is 0.350 e. The van der Waals surface area contributed by atoms with E-state index < -0.39 is 0 Å². The van der Waals surface area contributed by atoms with E-state index in [9.17, 15) is 4.79 Å². The molecule has 0 fully saturated rings. The number of H-pyrrole nitrogens is 1. The van der Waals surface area contributed by atoms with Crippen LogP contribution in [0.5, 0.6) is 0 Å². The van der Waals surface area contributed by atoms with Crippen LogP contribution in [0.25, 0.3) is 16.8 Å². The molecule has 0 aliphatic carbocycles. The molecule has 0 aliphatic heterocycles. The number of fused-ring (bicyclic) bond motifs is 1. The highest BCUT2D eigenvalue weighted by atomic mass is 35.5. The van der Waals surface area contributed by atoms with Crippen LogP contribution in [0, 0.1) is 6.92 Å². The van der Waals surface area contributed by atoms with Gasteiger partial charge in [-0.1, -0.05) is 59.8 Å². The van der Waals surface area contributed by atoms with Crippen molar-refractivity contribution in [2.75, 3.05) is 0 Å². The van der Waals surface area contributed by atoms with Crippen LogP contribution in [0.3, 0.4) is 0 Å². The van der Waals surface area contributed by atoms with Crippen LogP contribution >= 0.6 is 23.4 Å². The second kappa shape index (κ2) is 6.97. The SMILES string of the molecule is Cc1ccccc1CSc1nc2c(-c3ccc(Cl)cc3)cnn2c(=O)[nH]1. The predicted molar refractivity (Wildman–Crippen MR) is 105 cm³/mol. The van der Waals surface area contributed by atoms with E-state index in [1.54, 1.807) is 18.3 Å². The molecule has 2 heterocycles. The third kappa shape index (κ3) is 3.25. The largest absolute Gasteiger partial charge is 0.350 e. The molecule has 130 valence electrons. The Morgan fingerprint density at radius 3 is 2.69 bits per heavy atom. The molecule has 0 unspecified atom stereocenters. The van der Waals surface area contributed by atoms with Crippen LogP contribution in [0.4, 0.5) is 0 Å². The first-order chi connectivity index (χ1) is 12.6. The zero-order valence-electron chi connectivity index (χ0n) is 13.9. The highest BCUT2D eigenvalue weighted by Crippen LogP contribution is 2.26. The summed E-state index contributed by atoms with van der Waals surface area (Å²) in [6.07, 6.45) is 1.65. The first-order valence-electron chi connectivity index (χ1n) is 8.03. The summed E-state index contributed by atoms with van der Waals surface area (Å²) in [5.74, 6) is 0.732. The topological polar surface area (TPSA) is 63.1 Å². The summed E-state index contributed by atoms with van der Waals surface area (Å²) in [5.41, 5.74) is 4.37. The fourth-order valence-electron chi connectivity index (χ4n) is 2.69. The van der Waals surface area contributed by atoms with Crippen molar-refractivity contribution in [3.05, 3.63) is 81.4 Å². The summed E-state index contributed by atoms with van der Waals surface area (Å²) in [5, 5.41) is 5.39. The lowest BCUT2D eigenvalue weighted by Gasteiger charge is -2.05. The van der Waals surface area contributed by atoms with Crippen LogP contribution in [0.15, 0.2) is 64.7 Å². The van der Waals surface area contributed by atoms with Crippen molar-refractivity contribution in [2.45, 2.75) is 17.8 Å². The summed E-state index contributed by atoms with van der Waals surface area (Å²) in [6, 6.07) is 15.6. The lowest BCUT2D eigenvalue weighted by Crippen LogP contribution is -2.19. The standard InChI is InChI=1S/C19H15ClN4OS/c1-12-4-2-3-5-14(12)11-26-18-22-17-16(10-21-24(17)19(25)23-18)13-6-8-15(20)9-7-13/h2-10H,11H2,1H3,(H,22,23,25). The zero-order valence-corrected chi connectivity index (χ0v) is 15.5. The van der Waals surface area contributed by atoms with Crippen LogP contribution in [-0.2, 0) is 5.75 Å². The first kappa shape index (κ1) is 16.9. The molecule has 1 N–H and O–H groups in total. The van der Waals surface area contributed by atoms with Crippen LogP contribution in [0.2, 0.25) is 5.02 Å². The molecule has 7 heteroatoms. The van der Waals surface area contributed by atoms with E-state index in [2.05, 4.69) is 34.1 Å². The second-order valence-corrected chi connectivity index (χ2v) is 7.26. The van der Waals surface area contributed by atoms with Gasteiger partial charge >= 0.3 is 5.69 Å². The highest BCUT2D eigenvalue weighted by Gasteiger charge is 2.12. The van der Waals surface area contributed by atoms with Crippen molar-refractivity contribution in [1.29, 1.82) is 0 Å². The molecule has 26 heavy (non-hydrogen) atoms. The van der Waals surface area contributed by atoms with E-state index >= 15 is 0 Å². The lowest BCUT2D eigenvalue weighted by molar-refractivity contribution is 0.786. The molecule has 0 radical (unpaired) electrons. The fourth-order valence-corrected chi connectivity index (χ4v) is 3.74. The minimum Gasteiger partial charge on any atom is -0.285 e. The van der Waals surface area contributed by atoms with Gasteiger partial charge in [0, 0.05) is 16.3 Å². The summed E-state index contributed by atoms with van der Waals surface area (Å²) >= 11 is 7.46. The van der Waals surface area contributed by atoms with Crippen molar-refractivity contribution in [3.8, 4) is 11.1 Å². The van der Waals surface area contributed by atoms with E-state index in [1.807, 2.05) is 24.3 Å². The predicted octanol–water partition coefficient (Wildman–Crippen LogP) is 4.34. The minimum atomic E-state index is -0.303. The molecule has 0 spiro atoms. The number of aryl methyl sites for hydroxylation is 1. The molecule has 4 rings (SSSR count). The first-order valence-corrected chi connectivity index (χ1v) is 9.39. The van der Waals surface area contributed by atoms with Gasteiger partial charge in [0.15, 0.2) is 10.8 Å². The van der Waals surface area contributed by atoms with Gasteiger partial charge in [0.25, 0.3) is 0 Å². The van der Waals surface area contributed by atoms with Gasteiger partial charge in [0.05, 0.1) is 6.20 Å². The number of hydrogen-bond donors (Lipinski definition) is 1. The third-order valence-corrected chi connectivity index (χ3v) is 5.31. The van der Waals surface area contributed by atoms with Crippen molar-refractivity contribution in [1.82, 2.24) is 19.6 Å². The number of hydrogen-bond acceptors (Lipinski definition) is 4. The normalized spacial score (nSPS) is 11.2. The smallest absolute Gasteiger partial charge is 0.285 e. The number of halogens is 1. The van der Waals surface area contributed by atoms with Crippen LogP contribution < -0.4 is 5.69 Å². The van der Waals surface area contributed by atoms with E-state index in [-0.39, 0.29) is 5.69 Å². The summed E-state index contributed by atoms with van der Waals surface area (Å²) in [6.45, 7) is 2.07. The van der Waals surface area contributed by atoms with E-state index in [0.29, 0.717) is 15.8 Å². The van der Waals surface area contributed by atoms with Gasteiger partial charge < -0.3 is 0 Å². The Labute approximate surface area is 159 Å². The minimum absolute atomic E-state index is 0.303. The summed E-state index contributed by atoms with van der Waals surface area (Å²) in [7, 11) is 0. The van der Waals surface area contributed by atoms with E-state index in [0.717, 1.165) is 16.9 Å². The number of thioether (sulfide) groups is 1. The van der Waals surface area contributed by atoms with Crippen molar-refractivity contribution in [3.63, 3.8) is 0 Å². The molecule has 2 aromatic heterocycles. The number of aromatic amines is 1. The average Bonchev–Trinajstić information content (AvgIpc) is 3.06. The molecule has 5 nitrogen and oxygen atoms in total. The van der Waals surface area contributed by atoms with Gasteiger partial charge in [-0.15, -0.1) is 0 Å². The Kier molecular flexibility index (Phi) is 4.53. The summed E-state index contributed by atoms with van der Waals surface area (Å²) in [4.78, 5) is 19.8. The number of nitrogens with one attached hydrogen (secondary N) is 1. The van der Waals surface area contributed by atoms with E-state index in [4.69, 9.17) is 11.6 Å². The number of aromatic nitrogens is 4. The molecule has 4 aromatic rings. The van der Waals surface area contributed by atoms with Crippen molar-refractivity contribution >= 4 is 29.0 Å². The maximum absolute atomic E-state index is 12.3. The Morgan fingerprint density at radius 1 is 1.15 bits per heavy atom. The monoisotopic (exact) mass is 382 g/mol. The number of rotatable bonds is 4. The molecule has 2 aromatic carbocycles. The fraction of sp³-hybridized carbons (Fsp3) is 0.105. The Hall–Kier alpha value is -2.57. The van der Waals surface area contributed by atoms with Crippen molar-refractivity contribution in [2.24, 2.45) is 0 Å². The second-order valence-electron chi connectivity index (χ2n) is 5.86. The van der Waals surface area contributed by atoms with Crippen LogP contribution in [0.1, 0.15) is 11.1 Å². The van der Waals surface area contributed by atoms with Crippen LogP contribution in [-0.4, -0.2) is 19.6 Å².